The summed E-state index contributed by atoms with van der Waals surface area (Å²) in [6.45, 7) is 2.44. The Labute approximate surface area is 117 Å². The lowest BCUT2D eigenvalue weighted by molar-refractivity contribution is 0.398. The zero-order valence-electron chi connectivity index (χ0n) is 11.2. The number of nitroso groups, excluding NO2 is 1. The Morgan fingerprint density at radius 3 is 2.00 bits per heavy atom. The molecule has 0 radical (unpaired) electrons. The average molecular weight is 275 g/mol. The molecular weight excluding hydrogens is 258 g/mol. The zero-order valence-corrected chi connectivity index (χ0v) is 11.2. The van der Waals surface area contributed by atoms with Crippen LogP contribution in [0.2, 0.25) is 0 Å². The third-order valence-electron chi connectivity index (χ3n) is 4.12. The Hall–Kier alpha value is -1.30. The van der Waals surface area contributed by atoms with E-state index in [2.05, 4.69) is 5.18 Å². The first-order valence-electron chi connectivity index (χ1n) is 7.15. The van der Waals surface area contributed by atoms with Crippen LogP contribution in [-0.2, 0) is 33.5 Å². The van der Waals surface area contributed by atoms with Crippen molar-refractivity contribution in [1.82, 2.24) is 0 Å². The Bertz CT molecular complexity index is 533. The number of nitrogens with zero attached hydrogens (tertiary/aromatic N) is 1. The molecule has 0 spiro atoms. The average Bonchev–Trinajstić information content (AvgIpc) is 3.27. The molecule has 3 heterocycles. The van der Waals surface area contributed by atoms with Gasteiger partial charge < -0.3 is 14.2 Å². The zero-order chi connectivity index (χ0) is 13.5. The smallest absolute Gasteiger partial charge is 0.111 e. The van der Waals surface area contributed by atoms with E-state index >= 15 is 0 Å². The SMILES string of the molecule is O=Nc1ccc(CC2CO2)c(CC2CO2)c1CC1CO1. The second-order valence-electron chi connectivity index (χ2n) is 5.77. The summed E-state index contributed by atoms with van der Waals surface area (Å²) < 4.78 is 16.0. The van der Waals surface area contributed by atoms with E-state index in [-0.39, 0.29) is 6.10 Å². The normalized spacial score (nSPS) is 30.1. The maximum absolute atomic E-state index is 11.1. The molecule has 0 aliphatic carbocycles. The molecule has 0 N–H and O–H groups in total. The van der Waals surface area contributed by atoms with Crippen molar-refractivity contribution in [3.05, 3.63) is 33.7 Å². The minimum absolute atomic E-state index is 0.252. The van der Waals surface area contributed by atoms with Crippen LogP contribution in [0.1, 0.15) is 16.7 Å². The van der Waals surface area contributed by atoms with Gasteiger partial charge in [-0.15, -0.1) is 4.91 Å². The molecule has 3 aliphatic rings. The highest BCUT2D eigenvalue weighted by Crippen LogP contribution is 2.34. The van der Waals surface area contributed by atoms with Crippen LogP contribution >= 0.6 is 0 Å². The van der Waals surface area contributed by atoms with Crippen molar-refractivity contribution in [1.29, 1.82) is 0 Å². The summed E-state index contributed by atoms with van der Waals surface area (Å²) in [4.78, 5) is 11.1. The maximum Gasteiger partial charge on any atom is 0.111 e. The van der Waals surface area contributed by atoms with E-state index in [0.29, 0.717) is 17.9 Å². The quantitative estimate of drug-likeness (QED) is 0.563. The van der Waals surface area contributed by atoms with Crippen LogP contribution in [0.4, 0.5) is 5.69 Å². The molecule has 106 valence electrons. The summed E-state index contributed by atoms with van der Waals surface area (Å²) in [5.74, 6) is 0. The first kappa shape index (κ1) is 12.4. The van der Waals surface area contributed by atoms with Crippen LogP contribution in [0.3, 0.4) is 0 Å². The number of epoxide rings is 3. The first-order chi connectivity index (χ1) is 9.83. The van der Waals surface area contributed by atoms with Crippen LogP contribution < -0.4 is 0 Å². The molecule has 0 amide bonds. The van der Waals surface area contributed by atoms with Gasteiger partial charge in [-0.25, -0.2) is 0 Å². The van der Waals surface area contributed by atoms with Gasteiger partial charge in [0.1, 0.15) is 5.69 Å². The second kappa shape index (κ2) is 4.91. The summed E-state index contributed by atoms with van der Waals surface area (Å²) >= 11 is 0. The first-order valence-corrected chi connectivity index (χ1v) is 7.15. The Morgan fingerprint density at radius 2 is 1.45 bits per heavy atom. The number of rotatable bonds is 7. The van der Waals surface area contributed by atoms with E-state index in [1.807, 2.05) is 12.1 Å². The van der Waals surface area contributed by atoms with Crippen LogP contribution in [0, 0.1) is 4.91 Å². The van der Waals surface area contributed by atoms with E-state index in [9.17, 15) is 4.91 Å². The largest absolute Gasteiger partial charge is 0.373 e. The van der Waals surface area contributed by atoms with Crippen LogP contribution in [0.5, 0.6) is 0 Å². The molecule has 1 aromatic carbocycles. The van der Waals surface area contributed by atoms with Crippen molar-refractivity contribution in [2.24, 2.45) is 5.18 Å². The summed E-state index contributed by atoms with van der Waals surface area (Å²) in [5.41, 5.74) is 4.11. The third-order valence-corrected chi connectivity index (χ3v) is 4.12. The summed E-state index contributed by atoms with van der Waals surface area (Å²) in [7, 11) is 0. The monoisotopic (exact) mass is 275 g/mol. The molecule has 5 heteroatoms. The van der Waals surface area contributed by atoms with Crippen LogP contribution in [0.15, 0.2) is 17.3 Å². The number of benzene rings is 1. The fraction of sp³-hybridized carbons (Fsp3) is 0.600. The Morgan fingerprint density at radius 1 is 0.900 bits per heavy atom. The Balaban J connectivity index is 1.70. The molecule has 0 saturated carbocycles. The lowest BCUT2D eigenvalue weighted by Gasteiger charge is -2.14. The fourth-order valence-corrected chi connectivity index (χ4v) is 2.75. The number of hydrogen-bond donors (Lipinski definition) is 0. The highest BCUT2D eigenvalue weighted by Gasteiger charge is 2.32. The molecule has 3 atom stereocenters. The molecule has 3 saturated heterocycles. The van der Waals surface area contributed by atoms with Crippen LogP contribution in [0.25, 0.3) is 0 Å². The molecule has 1 aromatic rings. The van der Waals surface area contributed by atoms with Crippen molar-refractivity contribution >= 4 is 5.69 Å². The molecule has 0 aromatic heterocycles. The van der Waals surface area contributed by atoms with E-state index in [1.165, 1.54) is 11.1 Å². The van der Waals surface area contributed by atoms with Crippen molar-refractivity contribution in [3.8, 4) is 0 Å². The van der Waals surface area contributed by atoms with E-state index in [4.69, 9.17) is 14.2 Å². The summed E-state index contributed by atoms with van der Waals surface area (Å²) in [6.07, 6.45) is 3.46. The lowest BCUT2D eigenvalue weighted by Crippen LogP contribution is -2.08. The molecular formula is C15H17NO4. The minimum Gasteiger partial charge on any atom is -0.373 e. The van der Waals surface area contributed by atoms with Gasteiger partial charge in [-0.2, -0.15) is 0 Å². The summed E-state index contributed by atoms with van der Waals surface area (Å²) in [5, 5.41) is 3.20. The third kappa shape index (κ3) is 2.75. The maximum atomic E-state index is 11.1. The molecule has 3 unspecified atom stereocenters. The predicted octanol–water partition coefficient (Wildman–Crippen LogP) is 1.91. The predicted molar refractivity (Wildman–Crippen MR) is 72.2 cm³/mol. The van der Waals surface area contributed by atoms with E-state index in [0.717, 1.165) is 44.6 Å². The molecule has 20 heavy (non-hydrogen) atoms. The van der Waals surface area contributed by atoms with Gasteiger partial charge in [0.2, 0.25) is 0 Å². The second-order valence-corrected chi connectivity index (χ2v) is 5.77. The minimum atomic E-state index is 0.252. The van der Waals surface area contributed by atoms with Gasteiger partial charge >= 0.3 is 0 Å². The number of ether oxygens (including phenoxy) is 3. The van der Waals surface area contributed by atoms with Gasteiger partial charge in [0, 0.05) is 19.3 Å². The van der Waals surface area contributed by atoms with Crippen molar-refractivity contribution in [2.45, 2.75) is 37.6 Å². The lowest BCUT2D eigenvalue weighted by atomic mass is 9.90. The highest BCUT2D eigenvalue weighted by molar-refractivity contribution is 5.54. The van der Waals surface area contributed by atoms with Gasteiger partial charge in [-0.1, -0.05) is 6.07 Å². The van der Waals surface area contributed by atoms with Crippen molar-refractivity contribution in [3.63, 3.8) is 0 Å². The molecule has 5 nitrogen and oxygen atoms in total. The van der Waals surface area contributed by atoms with Crippen molar-refractivity contribution in [2.75, 3.05) is 19.8 Å². The van der Waals surface area contributed by atoms with E-state index in [1.54, 1.807) is 0 Å². The topological polar surface area (TPSA) is 67.0 Å². The van der Waals surface area contributed by atoms with Gasteiger partial charge in [-0.05, 0) is 27.9 Å². The van der Waals surface area contributed by atoms with Gasteiger partial charge in [0.25, 0.3) is 0 Å². The number of hydrogen-bond acceptors (Lipinski definition) is 5. The Kier molecular flexibility index (Phi) is 3.06. The molecule has 0 bridgehead atoms. The molecule has 4 rings (SSSR count). The van der Waals surface area contributed by atoms with Gasteiger partial charge in [-0.3, -0.25) is 0 Å². The highest BCUT2D eigenvalue weighted by atomic mass is 16.6. The summed E-state index contributed by atoms with van der Waals surface area (Å²) in [6, 6.07) is 3.85. The molecule has 3 fully saturated rings. The van der Waals surface area contributed by atoms with Crippen LogP contribution in [-0.4, -0.2) is 38.1 Å². The van der Waals surface area contributed by atoms with Gasteiger partial charge in [0.05, 0.1) is 38.1 Å². The van der Waals surface area contributed by atoms with E-state index < -0.39 is 0 Å². The fourth-order valence-electron chi connectivity index (χ4n) is 2.75. The molecule has 3 aliphatic heterocycles. The van der Waals surface area contributed by atoms with Crippen molar-refractivity contribution < 1.29 is 14.2 Å². The van der Waals surface area contributed by atoms with Gasteiger partial charge in [0.15, 0.2) is 0 Å². The standard InChI is InChI=1S/C15H17NO4/c17-16-15-2-1-9(3-10-6-18-10)13(4-11-7-19-11)14(15)5-12-8-20-12/h1-2,10-12H,3-8H2.